The Bertz CT molecular complexity index is 892. The number of likely N-dealkylation sites (tertiary alicyclic amines) is 1. The number of rotatable bonds is 8. The van der Waals surface area contributed by atoms with E-state index >= 15 is 0 Å². The van der Waals surface area contributed by atoms with Gasteiger partial charge in [-0.3, -0.25) is 14.5 Å². The van der Waals surface area contributed by atoms with E-state index in [1.165, 1.54) is 4.90 Å². The van der Waals surface area contributed by atoms with Crippen molar-refractivity contribution in [2.24, 2.45) is 5.92 Å². The van der Waals surface area contributed by atoms with Crippen LogP contribution in [0.25, 0.3) is 0 Å². The van der Waals surface area contributed by atoms with Crippen LogP contribution in [-0.4, -0.2) is 67.1 Å². The van der Waals surface area contributed by atoms with E-state index in [1.54, 1.807) is 38.4 Å². The lowest BCUT2D eigenvalue weighted by Gasteiger charge is -2.31. The van der Waals surface area contributed by atoms with E-state index < -0.39 is 0 Å². The van der Waals surface area contributed by atoms with E-state index in [4.69, 9.17) is 0 Å². The number of nitrogens with zero attached hydrogens (tertiary/aromatic N) is 2. The summed E-state index contributed by atoms with van der Waals surface area (Å²) in [4.78, 5) is 28.5. The Balaban J connectivity index is 1.55. The summed E-state index contributed by atoms with van der Waals surface area (Å²) in [5.41, 5.74) is 3.22. The van der Waals surface area contributed by atoms with Gasteiger partial charge in [0, 0.05) is 44.2 Å². The average molecular weight is 425 g/mol. The molecule has 1 aliphatic heterocycles. The second kappa shape index (κ2) is 10.9. The number of hydrogen-bond acceptors (Lipinski definition) is 5. The van der Waals surface area contributed by atoms with Gasteiger partial charge >= 0.3 is 0 Å². The maximum absolute atomic E-state index is 12.5. The first-order valence-corrected chi connectivity index (χ1v) is 10.7. The van der Waals surface area contributed by atoms with Gasteiger partial charge in [0.05, 0.1) is 6.54 Å². The minimum atomic E-state index is -0.173. The molecule has 1 fully saturated rings. The first kappa shape index (κ1) is 22.8. The number of carbonyl (C=O) groups excluding carboxylic acids is 2. The monoisotopic (exact) mass is 424 g/mol. The van der Waals surface area contributed by atoms with Crippen molar-refractivity contribution < 1.29 is 14.7 Å². The molecule has 31 heavy (non-hydrogen) atoms. The Hall–Kier alpha value is -2.90. The summed E-state index contributed by atoms with van der Waals surface area (Å²) in [5.74, 6) is 0.138. The third-order valence-electron chi connectivity index (χ3n) is 5.62. The quantitative estimate of drug-likeness (QED) is 0.607. The van der Waals surface area contributed by atoms with Gasteiger partial charge in [0.25, 0.3) is 5.91 Å². The molecule has 0 unspecified atom stereocenters. The van der Waals surface area contributed by atoms with Crippen LogP contribution in [0.4, 0.5) is 11.4 Å². The fraction of sp³-hybridized carbons (Fsp3) is 0.417. The van der Waals surface area contributed by atoms with E-state index in [2.05, 4.69) is 21.6 Å². The second-order valence-electron chi connectivity index (χ2n) is 8.24. The second-order valence-corrected chi connectivity index (χ2v) is 8.24. The summed E-state index contributed by atoms with van der Waals surface area (Å²) in [7, 11) is 3.40. The average Bonchev–Trinajstić information content (AvgIpc) is 2.78. The molecule has 0 aliphatic carbocycles. The van der Waals surface area contributed by atoms with Crippen LogP contribution in [0.2, 0.25) is 0 Å². The lowest BCUT2D eigenvalue weighted by molar-refractivity contribution is -0.114. The molecule has 0 aromatic heterocycles. The number of carbonyl (C=O) groups is 2. The number of aliphatic hydroxyl groups excluding tert-OH is 1. The van der Waals surface area contributed by atoms with Crippen LogP contribution in [0.1, 0.15) is 28.8 Å². The molecule has 166 valence electrons. The zero-order valence-corrected chi connectivity index (χ0v) is 18.3. The fourth-order valence-electron chi connectivity index (χ4n) is 3.77. The molecule has 1 aliphatic rings. The first-order chi connectivity index (χ1) is 15.0. The molecule has 0 bridgehead atoms. The minimum Gasteiger partial charge on any atom is -0.396 e. The van der Waals surface area contributed by atoms with Crippen molar-refractivity contribution in [2.45, 2.75) is 19.4 Å². The molecule has 3 N–H and O–H groups in total. The highest BCUT2D eigenvalue weighted by atomic mass is 16.3. The molecular weight excluding hydrogens is 392 g/mol. The van der Waals surface area contributed by atoms with Crippen molar-refractivity contribution in [3.05, 3.63) is 59.7 Å². The fourth-order valence-corrected chi connectivity index (χ4v) is 3.77. The van der Waals surface area contributed by atoms with Gasteiger partial charge in [0.15, 0.2) is 0 Å². The zero-order valence-electron chi connectivity index (χ0n) is 18.3. The van der Waals surface area contributed by atoms with Crippen LogP contribution >= 0.6 is 0 Å². The topological polar surface area (TPSA) is 84.9 Å². The Morgan fingerprint density at radius 2 is 1.84 bits per heavy atom. The van der Waals surface area contributed by atoms with Gasteiger partial charge in [0.1, 0.15) is 0 Å². The Labute approximate surface area is 184 Å². The molecule has 2 amide bonds. The number of nitrogens with one attached hydrogen (secondary N) is 2. The molecule has 0 atom stereocenters. The van der Waals surface area contributed by atoms with Gasteiger partial charge in [-0.15, -0.1) is 0 Å². The van der Waals surface area contributed by atoms with E-state index in [0.717, 1.165) is 43.7 Å². The van der Waals surface area contributed by atoms with Crippen LogP contribution < -0.4 is 10.6 Å². The molecule has 3 rings (SSSR count). The van der Waals surface area contributed by atoms with Crippen molar-refractivity contribution >= 4 is 23.2 Å². The molecule has 1 saturated heterocycles. The maximum Gasteiger partial charge on any atom is 0.253 e. The SMILES string of the molecule is CN(C)C(=O)c1cccc(NC(=O)CNc2ccccc2CN2CCC(CO)CC2)c1. The van der Waals surface area contributed by atoms with Crippen LogP contribution in [0, 0.1) is 5.92 Å². The third-order valence-corrected chi connectivity index (χ3v) is 5.62. The number of amides is 2. The van der Waals surface area contributed by atoms with Crippen LogP contribution in [0.3, 0.4) is 0 Å². The zero-order chi connectivity index (χ0) is 22.2. The van der Waals surface area contributed by atoms with Gasteiger partial charge in [-0.25, -0.2) is 0 Å². The largest absolute Gasteiger partial charge is 0.396 e. The number of aliphatic hydroxyl groups is 1. The van der Waals surface area contributed by atoms with E-state index in [-0.39, 0.29) is 25.0 Å². The number of anilines is 2. The predicted molar refractivity (Wildman–Crippen MR) is 123 cm³/mol. The molecule has 1 heterocycles. The van der Waals surface area contributed by atoms with Gasteiger partial charge in [-0.05, 0) is 61.7 Å². The summed E-state index contributed by atoms with van der Waals surface area (Å²) in [6.45, 7) is 3.17. The lowest BCUT2D eigenvalue weighted by Crippen LogP contribution is -2.34. The molecule has 2 aromatic rings. The predicted octanol–water partition coefficient (Wildman–Crippen LogP) is 2.64. The summed E-state index contributed by atoms with van der Waals surface area (Å²) >= 11 is 0. The summed E-state index contributed by atoms with van der Waals surface area (Å²) in [5, 5.41) is 15.4. The van der Waals surface area contributed by atoms with Gasteiger partial charge in [-0.1, -0.05) is 24.3 Å². The van der Waals surface area contributed by atoms with Crippen LogP contribution in [0.15, 0.2) is 48.5 Å². The first-order valence-electron chi connectivity index (χ1n) is 10.7. The van der Waals surface area contributed by atoms with Crippen molar-refractivity contribution in [3.8, 4) is 0 Å². The molecule has 7 heteroatoms. The van der Waals surface area contributed by atoms with Crippen molar-refractivity contribution in [2.75, 3.05) is 51.0 Å². The van der Waals surface area contributed by atoms with Crippen LogP contribution in [0.5, 0.6) is 0 Å². The molecule has 0 saturated carbocycles. The van der Waals surface area contributed by atoms with Gasteiger partial charge in [0.2, 0.25) is 5.91 Å². The Morgan fingerprint density at radius 3 is 2.55 bits per heavy atom. The molecular formula is C24H32N4O3. The maximum atomic E-state index is 12.5. The standard InChI is InChI=1S/C24H32N4O3/c1-27(2)24(31)19-7-5-8-21(14-19)26-23(30)15-25-22-9-4-3-6-20(22)16-28-12-10-18(17-29)11-13-28/h3-9,14,18,25,29H,10-13,15-17H2,1-2H3,(H,26,30). The number of benzene rings is 2. The third kappa shape index (κ3) is 6.54. The van der Waals surface area contributed by atoms with Gasteiger partial charge < -0.3 is 20.6 Å². The highest BCUT2D eigenvalue weighted by molar-refractivity contribution is 5.98. The van der Waals surface area contributed by atoms with Crippen molar-refractivity contribution in [1.82, 2.24) is 9.80 Å². The molecule has 7 nitrogen and oxygen atoms in total. The summed E-state index contributed by atoms with van der Waals surface area (Å²) in [6, 6.07) is 15.0. The molecule has 0 spiro atoms. The highest BCUT2D eigenvalue weighted by Crippen LogP contribution is 2.22. The lowest BCUT2D eigenvalue weighted by atomic mass is 9.97. The summed E-state index contributed by atoms with van der Waals surface area (Å²) < 4.78 is 0. The van der Waals surface area contributed by atoms with Crippen molar-refractivity contribution in [1.29, 1.82) is 0 Å². The highest BCUT2D eigenvalue weighted by Gasteiger charge is 2.19. The summed E-state index contributed by atoms with van der Waals surface area (Å²) in [6.07, 6.45) is 2.04. The molecule has 2 aromatic carbocycles. The minimum absolute atomic E-state index is 0.105. The number of para-hydroxylation sites is 1. The van der Waals surface area contributed by atoms with E-state index in [0.29, 0.717) is 17.2 Å². The number of piperidine rings is 1. The van der Waals surface area contributed by atoms with Crippen molar-refractivity contribution in [3.63, 3.8) is 0 Å². The smallest absolute Gasteiger partial charge is 0.253 e. The normalized spacial score (nSPS) is 14.8. The van der Waals surface area contributed by atoms with Crippen LogP contribution in [-0.2, 0) is 11.3 Å². The van der Waals surface area contributed by atoms with E-state index in [9.17, 15) is 14.7 Å². The number of hydrogen-bond donors (Lipinski definition) is 3. The van der Waals surface area contributed by atoms with E-state index in [1.807, 2.05) is 18.2 Å². The molecule has 0 radical (unpaired) electrons. The van der Waals surface area contributed by atoms with Gasteiger partial charge in [-0.2, -0.15) is 0 Å². The Kier molecular flexibility index (Phi) is 8.03. The Morgan fingerprint density at radius 1 is 1.10 bits per heavy atom.